The highest BCUT2D eigenvalue weighted by Crippen LogP contribution is 2.31. The number of halogens is 2. The van der Waals surface area contributed by atoms with Gasteiger partial charge in [0, 0.05) is 17.6 Å². The van der Waals surface area contributed by atoms with Crippen molar-refractivity contribution in [3.63, 3.8) is 0 Å². The number of aryl methyl sites for hydroxylation is 1. The van der Waals surface area contributed by atoms with Crippen LogP contribution in [0.1, 0.15) is 10.4 Å². The third-order valence-corrected chi connectivity index (χ3v) is 3.69. The first kappa shape index (κ1) is 13.9. The fraction of sp³-hybridized carbons (Fsp3) is 0.0714. The maximum absolute atomic E-state index is 11.4. The lowest BCUT2D eigenvalue weighted by atomic mass is 10.1. The van der Waals surface area contributed by atoms with Crippen molar-refractivity contribution in [2.24, 2.45) is 7.05 Å². The molecule has 0 radical (unpaired) electrons. The van der Waals surface area contributed by atoms with Gasteiger partial charge in [-0.25, -0.2) is 9.78 Å². The lowest BCUT2D eigenvalue weighted by Crippen LogP contribution is -2.01. The van der Waals surface area contributed by atoms with E-state index in [-0.39, 0.29) is 5.56 Å². The van der Waals surface area contributed by atoms with Gasteiger partial charge in [-0.2, -0.15) is 5.10 Å². The van der Waals surface area contributed by atoms with Gasteiger partial charge >= 0.3 is 5.97 Å². The summed E-state index contributed by atoms with van der Waals surface area (Å²) in [5, 5.41) is 14.8. The van der Waals surface area contributed by atoms with Gasteiger partial charge in [0.1, 0.15) is 0 Å². The molecule has 0 aliphatic carbocycles. The van der Waals surface area contributed by atoms with Crippen molar-refractivity contribution in [1.29, 1.82) is 0 Å². The number of nitrogens with zero attached hydrogens (tertiary/aromatic N) is 3. The smallest absolute Gasteiger partial charge is 0.336 e. The minimum Gasteiger partial charge on any atom is -0.478 e. The molecule has 0 fully saturated rings. The van der Waals surface area contributed by atoms with Crippen molar-refractivity contribution in [2.75, 3.05) is 0 Å². The molecule has 21 heavy (non-hydrogen) atoms. The number of rotatable bonds is 2. The molecule has 0 bridgehead atoms. The molecular weight excluding hydrogens is 313 g/mol. The van der Waals surface area contributed by atoms with E-state index in [4.69, 9.17) is 23.2 Å². The van der Waals surface area contributed by atoms with E-state index in [1.165, 1.54) is 16.9 Å². The van der Waals surface area contributed by atoms with E-state index in [1.807, 2.05) is 0 Å². The predicted molar refractivity (Wildman–Crippen MR) is 80.9 cm³/mol. The fourth-order valence-corrected chi connectivity index (χ4v) is 2.63. The fourth-order valence-electron chi connectivity index (χ4n) is 2.13. The molecule has 0 atom stereocenters. The van der Waals surface area contributed by atoms with Gasteiger partial charge < -0.3 is 5.11 Å². The lowest BCUT2D eigenvalue weighted by molar-refractivity contribution is 0.0699. The zero-order valence-corrected chi connectivity index (χ0v) is 12.4. The van der Waals surface area contributed by atoms with E-state index in [0.717, 1.165) is 0 Å². The number of aromatic carboxylic acids is 1. The highest BCUT2D eigenvalue weighted by molar-refractivity contribution is 6.36. The van der Waals surface area contributed by atoms with Gasteiger partial charge in [-0.3, -0.25) is 4.68 Å². The second-order valence-electron chi connectivity index (χ2n) is 4.49. The molecule has 7 heteroatoms. The quantitative estimate of drug-likeness (QED) is 0.782. The highest BCUT2D eigenvalue weighted by atomic mass is 35.5. The van der Waals surface area contributed by atoms with Crippen LogP contribution in [0.15, 0.2) is 30.5 Å². The van der Waals surface area contributed by atoms with E-state index in [1.54, 1.807) is 25.2 Å². The first-order chi connectivity index (χ1) is 9.97. The van der Waals surface area contributed by atoms with Gasteiger partial charge in [-0.05, 0) is 24.3 Å². The molecule has 3 rings (SSSR count). The molecule has 0 aliphatic rings. The normalized spacial score (nSPS) is 11.0. The Bertz CT molecular complexity index is 874. The van der Waals surface area contributed by atoms with Crippen LogP contribution in [0.2, 0.25) is 10.0 Å². The summed E-state index contributed by atoms with van der Waals surface area (Å²) >= 11 is 12.0. The van der Waals surface area contributed by atoms with E-state index < -0.39 is 5.97 Å². The third kappa shape index (κ3) is 2.34. The van der Waals surface area contributed by atoms with E-state index in [2.05, 4.69) is 10.1 Å². The summed E-state index contributed by atoms with van der Waals surface area (Å²) in [6, 6.07) is 6.47. The summed E-state index contributed by atoms with van der Waals surface area (Å²) in [7, 11) is 1.70. The van der Waals surface area contributed by atoms with Crippen LogP contribution in [0.5, 0.6) is 0 Å². The monoisotopic (exact) mass is 321 g/mol. The van der Waals surface area contributed by atoms with Crippen LogP contribution in [0.3, 0.4) is 0 Å². The first-order valence-electron chi connectivity index (χ1n) is 5.99. The Kier molecular flexibility index (Phi) is 3.31. The summed E-state index contributed by atoms with van der Waals surface area (Å²) in [5.41, 5.74) is 1.70. The Morgan fingerprint density at radius 3 is 2.71 bits per heavy atom. The van der Waals surface area contributed by atoms with Crippen LogP contribution >= 0.6 is 23.2 Å². The molecule has 0 unspecified atom stereocenters. The van der Waals surface area contributed by atoms with Crippen molar-refractivity contribution < 1.29 is 9.90 Å². The second-order valence-corrected chi connectivity index (χ2v) is 5.33. The minimum atomic E-state index is -1.04. The Morgan fingerprint density at radius 2 is 2.05 bits per heavy atom. The molecule has 0 saturated heterocycles. The van der Waals surface area contributed by atoms with Crippen molar-refractivity contribution >= 4 is 40.2 Å². The van der Waals surface area contributed by atoms with Gasteiger partial charge in [-0.1, -0.05) is 23.2 Å². The SMILES string of the molecule is Cn1ncc2c(C(=O)O)cc(-c3ccc(Cl)cc3Cl)nc21. The summed E-state index contributed by atoms with van der Waals surface area (Å²) in [4.78, 5) is 15.9. The van der Waals surface area contributed by atoms with Crippen LogP contribution < -0.4 is 0 Å². The molecule has 0 saturated carbocycles. The maximum Gasteiger partial charge on any atom is 0.336 e. The van der Waals surface area contributed by atoms with Crippen molar-refractivity contribution in [1.82, 2.24) is 14.8 Å². The van der Waals surface area contributed by atoms with Gasteiger partial charge in [0.15, 0.2) is 5.65 Å². The second kappa shape index (κ2) is 5.02. The molecule has 0 aliphatic heterocycles. The Morgan fingerprint density at radius 1 is 1.29 bits per heavy atom. The van der Waals surface area contributed by atoms with E-state index in [9.17, 15) is 9.90 Å². The zero-order valence-electron chi connectivity index (χ0n) is 10.8. The summed E-state index contributed by atoms with van der Waals surface area (Å²) < 4.78 is 1.52. The molecule has 0 spiro atoms. The number of benzene rings is 1. The van der Waals surface area contributed by atoms with Crippen LogP contribution in [0.25, 0.3) is 22.3 Å². The molecule has 2 aromatic heterocycles. The van der Waals surface area contributed by atoms with Crippen molar-refractivity contribution in [3.8, 4) is 11.3 Å². The molecule has 3 aromatic rings. The number of carbonyl (C=O) groups is 1. The zero-order chi connectivity index (χ0) is 15.1. The van der Waals surface area contributed by atoms with Crippen LogP contribution in [0, 0.1) is 0 Å². The van der Waals surface area contributed by atoms with Crippen molar-refractivity contribution in [2.45, 2.75) is 0 Å². The number of aromatic nitrogens is 3. The van der Waals surface area contributed by atoms with Crippen molar-refractivity contribution in [3.05, 3.63) is 46.1 Å². The Labute approximate surface area is 129 Å². The Hall–Kier alpha value is -2.11. The first-order valence-corrected chi connectivity index (χ1v) is 6.74. The van der Waals surface area contributed by atoms with Crippen LogP contribution in [-0.2, 0) is 7.05 Å². The average molecular weight is 322 g/mol. The van der Waals surface area contributed by atoms with Gasteiger partial charge in [0.2, 0.25) is 0 Å². The van der Waals surface area contributed by atoms with Gasteiger partial charge in [0.25, 0.3) is 0 Å². The van der Waals surface area contributed by atoms with Crippen LogP contribution in [-0.4, -0.2) is 25.8 Å². The molecule has 0 amide bonds. The number of fused-ring (bicyclic) bond motifs is 1. The number of carboxylic acids is 1. The molecule has 5 nitrogen and oxygen atoms in total. The topological polar surface area (TPSA) is 68.0 Å². The van der Waals surface area contributed by atoms with Crippen LogP contribution in [0.4, 0.5) is 0 Å². The van der Waals surface area contributed by atoms with E-state index in [0.29, 0.717) is 32.3 Å². The molecule has 2 heterocycles. The summed E-state index contributed by atoms with van der Waals surface area (Å²) in [6.07, 6.45) is 1.49. The van der Waals surface area contributed by atoms with Gasteiger partial charge in [0.05, 0.1) is 27.9 Å². The predicted octanol–water partition coefficient (Wildman–Crippen LogP) is 3.64. The Balaban J connectivity index is 2.32. The highest BCUT2D eigenvalue weighted by Gasteiger charge is 2.17. The molecule has 1 aromatic carbocycles. The molecule has 1 N–H and O–H groups in total. The standard InChI is InChI=1S/C14H9Cl2N3O2/c1-19-13-10(6-17-19)9(14(20)21)5-12(18-13)8-3-2-7(15)4-11(8)16/h2-6H,1H3,(H,20,21). The lowest BCUT2D eigenvalue weighted by Gasteiger charge is -2.07. The number of hydrogen-bond acceptors (Lipinski definition) is 3. The summed E-state index contributed by atoms with van der Waals surface area (Å²) in [6.45, 7) is 0. The third-order valence-electron chi connectivity index (χ3n) is 3.14. The molecule has 106 valence electrons. The number of carboxylic acid groups (broad SMARTS) is 1. The summed E-state index contributed by atoms with van der Waals surface area (Å²) in [5.74, 6) is -1.04. The number of pyridine rings is 1. The average Bonchev–Trinajstić information content (AvgIpc) is 2.79. The molecular formula is C14H9Cl2N3O2. The maximum atomic E-state index is 11.4. The van der Waals surface area contributed by atoms with Gasteiger partial charge in [-0.15, -0.1) is 0 Å². The largest absolute Gasteiger partial charge is 0.478 e. The van der Waals surface area contributed by atoms with E-state index >= 15 is 0 Å². The minimum absolute atomic E-state index is 0.133. The number of hydrogen-bond donors (Lipinski definition) is 1.